The van der Waals surface area contributed by atoms with Gasteiger partial charge in [-0.15, -0.1) is 0 Å². The maximum Gasteiger partial charge on any atom is 0.156 e. The predicted octanol–water partition coefficient (Wildman–Crippen LogP) is 5.13. The second-order valence-corrected chi connectivity index (χ2v) is 10.8. The highest BCUT2D eigenvalue weighted by molar-refractivity contribution is 5.93. The van der Waals surface area contributed by atoms with Crippen LogP contribution < -0.4 is 5.32 Å². The number of benzene rings is 1. The molecule has 0 saturated heterocycles. The first-order valence-corrected chi connectivity index (χ1v) is 12.5. The zero-order chi connectivity index (χ0) is 22.5. The minimum Gasteiger partial charge on any atom is -0.396 e. The smallest absolute Gasteiger partial charge is 0.156 e. The fourth-order valence-electron chi connectivity index (χ4n) is 7.72. The molecule has 1 aromatic carbocycles. The van der Waals surface area contributed by atoms with E-state index in [1.54, 1.807) is 5.57 Å². The zero-order valence-corrected chi connectivity index (χ0v) is 19.5. The maximum atomic E-state index is 12.2. The number of fused-ring (bicyclic) bond motifs is 4. The third-order valence-electron chi connectivity index (χ3n) is 9.41. The van der Waals surface area contributed by atoms with Crippen molar-refractivity contribution in [2.24, 2.45) is 17.3 Å². The summed E-state index contributed by atoms with van der Waals surface area (Å²) in [6, 6.07) is 8.80. The van der Waals surface area contributed by atoms with Crippen molar-refractivity contribution in [3.63, 3.8) is 0 Å². The van der Waals surface area contributed by atoms with Crippen LogP contribution in [0.25, 0.3) is 0 Å². The average molecular weight is 436 g/mol. The van der Waals surface area contributed by atoms with Crippen molar-refractivity contribution in [1.82, 2.24) is 0 Å². The molecule has 4 aliphatic rings. The van der Waals surface area contributed by atoms with Crippen LogP contribution in [0.2, 0.25) is 0 Å². The first-order chi connectivity index (χ1) is 15.4. The van der Waals surface area contributed by atoms with E-state index >= 15 is 0 Å². The molecule has 172 valence electrons. The van der Waals surface area contributed by atoms with Crippen molar-refractivity contribution in [3.8, 4) is 0 Å². The Hall–Kier alpha value is -1.91. The SMILES string of the molecule is CNc1ccc(C2CC3(C)C(CCC3(O)CCCO)C3CCC4=CC(=O)CCC4=C23)cc1. The van der Waals surface area contributed by atoms with Gasteiger partial charge in [0, 0.05) is 37.1 Å². The number of anilines is 1. The molecule has 2 fully saturated rings. The van der Waals surface area contributed by atoms with Gasteiger partial charge in [-0.3, -0.25) is 4.79 Å². The van der Waals surface area contributed by atoms with Crippen molar-refractivity contribution in [2.75, 3.05) is 19.0 Å². The normalized spacial score (nSPS) is 36.3. The first-order valence-electron chi connectivity index (χ1n) is 12.5. The van der Waals surface area contributed by atoms with E-state index in [2.05, 4.69) is 36.5 Å². The monoisotopic (exact) mass is 435 g/mol. The molecule has 0 heterocycles. The molecule has 4 nitrogen and oxygen atoms in total. The van der Waals surface area contributed by atoms with Gasteiger partial charge < -0.3 is 15.5 Å². The lowest BCUT2D eigenvalue weighted by atomic mass is 9.51. The Morgan fingerprint density at radius 3 is 2.62 bits per heavy atom. The van der Waals surface area contributed by atoms with Gasteiger partial charge in [-0.25, -0.2) is 0 Å². The zero-order valence-electron chi connectivity index (χ0n) is 19.5. The molecular formula is C28H37NO3. The first kappa shape index (κ1) is 21.9. The van der Waals surface area contributed by atoms with Gasteiger partial charge in [0.25, 0.3) is 0 Å². The topological polar surface area (TPSA) is 69.6 Å². The highest BCUT2D eigenvalue weighted by Gasteiger charge is 2.62. The predicted molar refractivity (Wildman–Crippen MR) is 128 cm³/mol. The van der Waals surface area contributed by atoms with Crippen LogP contribution in [0.4, 0.5) is 5.69 Å². The van der Waals surface area contributed by atoms with Gasteiger partial charge in [0.1, 0.15) is 0 Å². The van der Waals surface area contributed by atoms with Crippen molar-refractivity contribution in [2.45, 2.75) is 76.2 Å². The molecule has 32 heavy (non-hydrogen) atoms. The van der Waals surface area contributed by atoms with Crippen LogP contribution in [0, 0.1) is 17.3 Å². The maximum absolute atomic E-state index is 12.2. The summed E-state index contributed by atoms with van der Waals surface area (Å²) in [6.45, 7) is 2.47. The lowest BCUT2D eigenvalue weighted by Gasteiger charge is -2.55. The number of rotatable bonds is 5. The number of aliphatic hydroxyl groups is 2. The molecule has 5 unspecified atom stereocenters. The highest BCUT2D eigenvalue weighted by Crippen LogP contribution is 2.67. The summed E-state index contributed by atoms with van der Waals surface area (Å²) in [7, 11) is 1.94. The molecule has 1 aromatic rings. The molecule has 5 atom stereocenters. The fourth-order valence-corrected chi connectivity index (χ4v) is 7.72. The van der Waals surface area contributed by atoms with Crippen molar-refractivity contribution >= 4 is 11.5 Å². The lowest BCUT2D eigenvalue weighted by molar-refractivity contribution is -0.114. The van der Waals surface area contributed by atoms with Crippen LogP contribution in [0.1, 0.15) is 76.2 Å². The summed E-state index contributed by atoms with van der Waals surface area (Å²) in [6.07, 6.45) is 9.67. The average Bonchev–Trinajstić information content (AvgIpc) is 3.07. The number of allylic oxidation sites excluding steroid dienone is 4. The van der Waals surface area contributed by atoms with Crippen LogP contribution in [0.3, 0.4) is 0 Å². The Bertz CT molecular complexity index is 961. The second kappa shape index (κ2) is 8.14. The number of aliphatic hydroxyl groups excluding tert-OH is 1. The van der Waals surface area contributed by atoms with Crippen LogP contribution in [-0.4, -0.2) is 35.3 Å². The molecule has 0 radical (unpaired) electrons. The Balaban J connectivity index is 1.63. The van der Waals surface area contributed by atoms with E-state index in [4.69, 9.17) is 0 Å². The van der Waals surface area contributed by atoms with E-state index in [9.17, 15) is 15.0 Å². The Morgan fingerprint density at radius 2 is 1.91 bits per heavy atom. The van der Waals surface area contributed by atoms with E-state index in [1.807, 2.05) is 13.1 Å². The van der Waals surface area contributed by atoms with E-state index in [-0.39, 0.29) is 23.7 Å². The third-order valence-corrected chi connectivity index (χ3v) is 9.41. The number of nitrogens with one attached hydrogen (secondary N) is 1. The van der Waals surface area contributed by atoms with Gasteiger partial charge in [-0.05, 0) is 98.1 Å². The third kappa shape index (κ3) is 3.30. The molecule has 4 aliphatic carbocycles. The summed E-state index contributed by atoms with van der Waals surface area (Å²) in [5, 5.41) is 24.6. The molecule has 0 aromatic heterocycles. The standard InChI is InChI=1S/C28H37NO3/c1-27-17-24(18-4-7-20(29-2)8-5-18)26-22-11-9-21(31)16-19(22)6-10-23(26)25(27)12-14-28(27,32)13-3-15-30/h4-5,7-8,16,23-25,29-30,32H,3,6,9-15,17H2,1-2H3. The molecule has 0 bridgehead atoms. The number of hydrogen-bond donors (Lipinski definition) is 3. The molecular weight excluding hydrogens is 398 g/mol. The lowest BCUT2D eigenvalue weighted by Crippen LogP contribution is -2.51. The summed E-state index contributed by atoms with van der Waals surface area (Å²) in [5.74, 6) is 1.50. The van der Waals surface area contributed by atoms with Crippen molar-refractivity contribution < 1.29 is 15.0 Å². The Kier molecular flexibility index (Phi) is 5.58. The van der Waals surface area contributed by atoms with Crippen LogP contribution in [0.15, 0.2) is 47.1 Å². The quantitative estimate of drug-likeness (QED) is 0.600. The second-order valence-electron chi connectivity index (χ2n) is 10.8. The van der Waals surface area contributed by atoms with E-state index in [0.29, 0.717) is 31.1 Å². The van der Waals surface area contributed by atoms with Gasteiger partial charge in [0.15, 0.2) is 5.78 Å². The van der Waals surface area contributed by atoms with Crippen molar-refractivity contribution in [3.05, 3.63) is 52.6 Å². The largest absolute Gasteiger partial charge is 0.396 e. The Morgan fingerprint density at radius 1 is 1.12 bits per heavy atom. The highest BCUT2D eigenvalue weighted by atomic mass is 16.3. The summed E-state index contributed by atoms with van der Waals surface area (Å²) < 4.78 is 0. The molecule has 0 spiro atoms. The summed E-state index contributed by atoms with van der Waals surface area (Å²) in [5.41, 5.74) is 5.87. The molecule has 0 amide bonds. The molecule has 2 saturated carbocycles. The fraction of sp³-hybridized carbons (Fsp3) is 0.607. The summed E-state index contributed by atoms with van der Waals surface area (Å²) >= 11 is 0. The molecule has 5 rings (SSSR count). The molecule has 4 heteroatoms. The minimum absolute atomic E-state index is 0.138. The van der Waals surface area contributed by atoms with Crippen LogP contribution >= 0.6 is 0 Å². The van der Waals surface area contributed by atoms with Gasteiger partial charge >= 0.3 is 0 Å². The van der Waals surface area contributed by atoms with Gasteiger partial charge in [0.2, 0.25) is 0 Å². The number of ketones is 1. The number of carbonyl (C=O) groups is 1. The van der Waals surface area contributed by atoms with Gasteiger partial charge in [-0.1, -0.05) is 24.6 Å². The van der Waals surface area contributed by atoms with Crippen LogP contribution in [-0.2, 0) is 4.79 Å². The van der Waals surface area contributed by atoms with Crippen LogP contribution in [0.5, 0.6) is 0 Å². The van der Waals surface area contributed by atoms with E-state index < -0.39 is 5.60 Å². The number of hydrogen-bond acceptors (Lipinski definition) is 4. The van der Waals surface area contributed by atoms with Crippen molar-refractivity contribution in [1.29, 1.82) is 0 Å². The van der Waals surface area contributed by atoms with E-state index in [1.165, 1.54) is 16.7 Å². The molecule has 0 aliphatic heterocycles. The number of carbonyl (C=O) groups excluding carboxylic acids is 1. The minimum atomic E-state index is -0.710. The van der Waals surface area contributed by atoms with Gasteiger partial charge in [0.05, 0.1) is 5.60 Å². The van der Waals surface area contributed by atoms with Gasteiger partial charge in [-0.2, -0.15) is 0 Å². The molecule has 3 N–H and O–H groups in total. The van der Waals surface area contributed by atoms with E-state index in [0.717, 1.165) is 44.2 Å². The summed E-state index contributed by atoms with van der Waals surface area (Å²) in [4.78, 5) is 12.2. The Labute approximate surface area is 191 Å².